The van der Waals surface area contributed by atoms with Crippen molar-refractivity contribution in [1.82, 2.24) is 0 Å². The maximum Gasteiger partial charge on any atom is 0.344 e. The van der Waals surface area contributed by atoms with Gasteiger partial charge in [-0.05, 0) is 24.6 Å². The number of carboxylic acid groups (broad SMARTS) is 1. The number of rotatable bonds is 5. The molecular formula is C18H18O9S. The molecule has 4 N–H and O–H groups in total. The smallest absolute Gasteiger partial charge is 0.344 e. The van der Waals surface area contributed by atoms with Crippen LogP contribution in [0.25, 0.3) is 11.0 Å². The highest BCUT2D eigenvalue weighted by molar-refractivity contribution is 8.00. The molecule has 0 amide bonds. The van der Waals surface area contributed by atoms with Gasteiger partial charge in [-0.25, -0.2) is 9.59 Å². The van der Waals surface area contributed by atoms with Crippen LogP contribution >= 0.6 is 11.8 Å². The van der Waals surface area contributed by atoms with Gasteiger partial charge in [0.2, 0.25) is 11.0 Å². The summed E-state index contributed by atoms with van der Waals surface area (Å²) in [5.74, 6) is -3.21. The maximum atomic E-state index is 13.0. The Morgan fingerprint density at radius 3 is 2.71 bits per heavy atom. The summed E-state index contributed by atoms with van der Waals surface area (Å²) in [6.07, 6.45) is -1.79. The number of thioether (sulfide) groups is 1. The molecule has 0 radical (unpaired) electrons. The number of aliphatic hydroxyl groups is 2. The van der Waals surface area contributed by atoms with Gasteiger partial charge in [0.05, 0.1) is 17.9 Å². The SMILES string of the molecule is COC(=O)C1(O)c2c(oc3cc(C)cc(O)c3c2=O)CC1SCC(O)C(=O)O. The van der Waals surface area contributed by atoms with Gasteiger partial charge in [-0.1, -0.05) is 0 Å². The first-order valence-electron chi connectivity index (χ1n) is 8.24. The van der Waals surface area contributed by atoms with Crippen molar-refractivity contribution in [2.75, 3.05) is 12.9 Å². The Bertz CT molecular complexity index is 1030. The van der Waals surface area contributed by atoms with E-state index >= 15 is 0 Å². The number of benzene rings is 1. The number of carbonyl (C=O) groups excluding carboxylic acids is 1. The molecule has 2 aromatic rings. The zero-order chi connectivity index (χ0) is 20.8. The number of phenolic OH excluding ortho intramolecular Hbond substituents is 1. The molecular weight excluding hydrogens is 392 g/mol. The van der Waals surface area contributed by atoms with Crippen LogP contribution in [0.5, 0.6) is 5.75 Å². The molecule has 150 valence electrons. The fourth-order valence-corrected chi connectivity index (χ4v) is 4.61. The third kappa shape index (κ3) is 3.03. The van der Waals surface area contributed by atoms with E-state index in [0.717, 1.165) is 18.9 Å². The summed E-state index contributed by atoms with van der Waals surface area (Å²) in [5, 5.41) is 38.4. The van der Waals surface area contributed by atoms with Gasteiger partial charge in [-0.2, -0.15) is 11.8 Å². The zero-order valence-corrected chi connectivity index (χ0v) is 15.8. The molecule has 3 unspecified atom stereocenters. The van der Waals surface area contributed by atoms with Crippen LogP contribution < -0.4 is 5.43 Å². The second-order valence-corrected chi connectivity index (χ2v) is 7.76. The summed E-state index contributed by atoms with van der Waals surface area (Å²) in [7, 11) is 1.04. The number of fused-ring (bicyclic) bond motifs is 2. The van der Waals surface area contributed by atoms with Crippen LogP contribution in [0.2, 0.25) is 0 Å². The molecule has 9 nitrogen and oxygen atoms in total. The molecule has 3 atom stereocenters. The molecule has 1 heterocycles. The molecule has 1 aliphatic carbocycles. The Labute approximate surface area is 162 Å². The Morgan fingerprint density at radius 2 is 2.11 bits per heavy atom. The number of aromatic hydroxyl groups is 1. The second kappa shape index (κ2) is 7.12. The molecule has 0 fully saturated rings. The number of carboxylic acids is 1. The van der Waals surface area contributed by atoms with Crippen LogP contribution in [0, 0.1) is 6.92 Å². The minimum atomic E-state index is -2.42. The lowest BCUT2D eigenvalue weighted by Gasteiger charge is -2.27. The largest absolute Gasteiger partial charge is 0.507 e. The van der Waals surface area contributed by atoms with E-state index in [0.29, 0.717) is 5.56 Å². The lowest BCUT2D eigenvalue weighted by Crippen LogP contribution is -2.46. The Balaban J connectivity index is 2.17. The molecule has 0 saturated carbocycles. The molecule has 1 aliphatic rings. The molecule has 0 saturated heterocycles. The Hall–Kier alpha value is -2.56. The number of hydrogen-bond donors (Lipinski definition) is 4. The fourth-order valence-electron chi connectivity index (χ4n) is 3.33. The maximum absolute atomic E-state index is 13.0. The van der Waals surface area contributed by atoms with Gasteiger partial charge < -0.3 is 29.6 Å². The highest BCUT2D eigenvalue weighted by Gasteiger charge is 2.56. The first-order chi connectivity index (χ1) is 13.1. The Kier molecular flexibility index (Phi) is 5.13. The molecule has 0 aliphatic heterocycles. The highest BCUT2D eigenvalue weighted by Crippen LogP contribution is 2.44. The average Bonchev–Trinajstić information content (AvgIpc) is 2.91. The quantitative estimate of drug-likeness (QED) is 0.505. The van der Waals surface area contributed by atoms with Crippen molar-refractivity contribution >= 4 is 34.7 Å². The number of aliphatic carboxylic acids is 1. The van der Waals surface area contributed by atoms with Crippen LogP contribution in [0.3, 0.4) is 0 Å². The normalized spacial score (nSPS) is 22.1. The predicted molar refractivity (Wildman–Crippen MR) is 98.4 cm³/mol. The molecule has 3 rings (SSSR count). The number of hydrogen-bond acceptors (Lipinski definition) is 9. The number of aliphatic hydroxyl groups excluding tert-OH is 1. The van der Waals surface area contributed by atoms with E-state index in [1.54, 1.807) is 13.0 Å². The number of ether oxygens (including phenoxy) is 1. The molecule has 0 bridgehead atoms. The topological polar surface area (TPSA) is 154 Å². The number of esters is 1. The Morgan fingerprint density at radius 1 is 1.43 bits per heavy atom. The van der Waals surface area contributed by atoms with Gasteiger partial charge in [0.1, 0.15) is 22.5 Å². The van der Waals surface area contributed by atoms with Crippen LogP contribution in [0.4, 0.5) is 0 Å². The first kappa shape index (κ1) is 20.2. The summed E-state index contributed by atoms with van der Waals surface area (Å²) in [4.78, 5) is 36.3. The lowest BCUT2D eigenvalue weighted by atomic mass is 9.95. The van der Waals surface area contributed by atoms with Crippen molar-refractivity contribution in [1.29, 1.82) is 0 Å². The summed E-state index contributed by atoms with van der Waals surface area (Å²) in [6.45, 7) is 1.70. The molecule has 1 aromatic heterocycles. The van der Waals surface area contributed by atoms with Crippen molar-refractivity contribution in [2.24, 2.45) is 0 Å². The van der Waals surface area contributed by atoms with Crippen molar-refractivity contribution in [3.8, 4) is 5.75 Å². The van der Waals surface area contributed by atoms with E-state index in [1.165, 1.54) is 6.07 Å². The van der Waals surface area contributed by atoms with Gasteiger partial charge >= 0.3 is 11.9 Å². The van der Waals surface area contributed by atoms with E-state index < -0.39 is 34.3 Å². The molecule has 10 heteroatoms. The standard InChI is InChI=1S/C18H18O9S/c1-7-3-8(19)13-10(4-7)27-11-5-12(28-6-9(20)16(22)23)18(25,17(24)26-2)14(11)15(13)21/h3-4,9,12,19-20,25H,5-6H2,1-2H3,(H,22,23). The minimum absolute atomic E-state index is 0.0396. The minimum Gasteiger partial charge on any atom is -0.507 e. The average molecular weight is 410 g/mol. The molecule has 28 heavy (non-hydrogen) atoms. The predicted octanol–water partition coefficient (Wildman–Crippen LogP) is 0.271. The summed E-state index contributed by atoms with van der Waals surface area (Å²) < 4.78 is 10.4. The number of phenols is 1. The summed E-state index contributed by atoms with van der Waals surface area (Å²) in [6, 6.07) is 2.90. The van der Waals surface area contributed by atoms with Gasteiger partial charge in [-0.3, -0.25) is 4.79 Å². The van der Waals surface area contributed by atoms with E-state index in [-0.39, 0.29) is 40.2 Å². The van der Waals surface area contributed by atoms with Gasteiger partial charge in [0, 0.05) is 12.2 Å². The van der Waals surface area contributed by atoms with Crippen molar-refractivity contribution < 1.29 is 39.2 Å². The zero-order valence-electron chi connectivity index (χ0n) is 15.0. The van der Waals surface area contributed by atoms with Gasteiger partial charge in [-0.15, -0.1) is 0 Å². The number of methoxy groups -OCH3 is 1. The van der Waals surface area contributed by atoms with Crippen LogP contribution in [-0.2, 0) is 26.3 Å². The van der Waals surface area contributed by atoms with Crippen LogP contribution in [0.15, 0.2) is 21.3 Å². The first-order valence-corrected chi connectivity index (χ1v) is 9.29. The summed E-state index contributed by atoms with van der Waals surface area (Å²) >= 11 is 0.807. The monoisotopic (exact) mass is 410 g/mol. The lowest BCUT2D eigenvalue weighted by molar-refractivity contribution is -0.162. The van der Waals surface area contributed by atoms with Crippen LogP contribution in [-0.4, -0.2) is 56.6 Å². The van der Waals surface area contributed by atoms with E-state index in [4.69, 9.17) is 9.52 Å². The highest BCUT2D eigenvalue weighted by atomic mass is 32.2. The van der Waals surface area contributed by atoms with Crippen molar-refractivity contribution in [3.63, 3.8) is 0 Å². The van der Waals surface area contributed by atoms with E-state index in [1.807, 2.05) is 0 Å². The van der Waals surface area contributed by atoms with Crippen LogP contribution in [0.1, 0.15) is 16.9 Å². The number of aryl methyl sites for hydroxylation is 1. The van der Waals surface area contributed by atoms with Crippen molar-refractivity contribution in [3.05, 3.63) is 39.2 Å². The fraction of sp³-hybridized carbons (Fsp3) is 0.389. The van der Waals surface area contributed by atoms with Crippen molar-refractivity contribution in [2.45, 2.75) is 30.3 Å². The van der Waals surface area contributed by atoms with E-state index in [9.17, 15) is 29.7 Å². The van der Waals surface area contributed by atoms with E-state index in [2.05, 4.69) is 4.74 Å². The second-order valence-electron chi connectivity index (χ2n) is 6.52. The van der Waals surface area contributed by atoms with Gasteiger partial charge in [0.15, 0.2) is 6.10 Å². The third-order valence-corrected chi connectivity index (χ3v) is 6.06. The van der Waals surface area contributed by atoms with Gasteiger partial charge in [0.25, 0.3) is 0 Å². The molecule has 1 aromatic carbocycles. The molecule has 0 spiro atoms. The number of carbonyl (C=O) groups is 2. The summed E-state index contributed by atoms with van der Waals surface area (Å²) in [5.41, 5.74) is -2.80. The third-order valence-electron chi connectivity index (χ3n) is 4.65.